The Balaban J connectivity index is 0.000000189. The summed E-state index contributed by atoms with van der Waals surface area (Å²) in [6, 6.07) is 20.4. The lowest BCUT2D eigenvalue weighted by molar-refractivity contribution is 0.0508. The maximum Gasteiger partial charge on any atom is 0.355 e. The third-order valence-electron chi connectivity index (χ3n) is 9.86. The zero-order valence-electron chi connectivity index (χ0n) is 35.8. The van der Waals surface area contributed by atoms with Crippen molar-refractivity contribution in [2.75, 3.05) is 27.4 Å². The van der Waals surface area contributed by atoms with E-state index in [-0.39, 0.29) is 46.9 Å². The number of halogens is 9. The number of pyridine rings is 2. The number of ether oxygens (including phenoxy) is 4. The first-order valence-corrected chi connectivity index (χ1v) is 22.6. The van der Waals surface area contributed by atoms with E-state index in [1.165, 1.54) is 32.4 Å². The van der Waals surface area contributed by atoms with Crippen LogP contribution in [0.4, 0.5) is 17.6 Å². The third-order valence-corrected chi connectivity index (χ3v) is 11.9. The van der Waals surface area contributed by atoms with Crippen LogP contribution in [0.3, 0.4) is 0 Å². The normalized spacial score (nSPS) is 10.8. The molecular formula is C48H37BrCl4F4N4O6. The molecule has 1 N–H and O–H groups in total. The summed E-state index contributed by atoms with van der Waals surface area (Å²) in [5.41, 5.74) is 4.53. The number of hydrogen-bond acceptors (Lipinski definition) is 8. The Labute approximate surface area is 409 Å². The van der Waals surface area contributed by atoms with Crippen molar-refractivity contribution in [1.82, 2.24) is 19.5 Å². The number of nitrogens with one attached hydrogen (secondary N) is 1. The molecular weight excluding hydrogens is 1030 g/mol. The standard InChI is InChI=1S/C24H18Cl2F2N2O3.C17H14Cl2N2O3.C7H5BrF2/c1-3-33-24(31)22-21(15-5-4-8-29-23(15)32-2)16-10-17(25)18(26)11-20(16)30(22)12-13-6-7-14(27)9-19(13)28;1-3-24-17(22)15-14(9-5-4-6-20-16(9)23-2)10-7-11(18)12(19)8-13(10)21-15;8-4-5-1-2-6(9)3-7(5)10/h4-11H,3,12H2,1-2H3;4-8,21H,3H2,1-2H3;1-3H,4H2. The number of methoxy groups -OCH3 is 2. The molecule has 0 amide bonds. The number of aromatic nitrogens is 4. The lowest BCUT2D eigenvalue weighted by Gasteiger charge is -2.13. The van der Waals surface area contributed by atoms with E-state index in [0.29, 0.717) is 71.2 Å². The quantitative estimate of drug-likeness (QED) is 0.0773. The molecule has 0 fully saturated rings. The van der Waals surface area contributed by atoms with E-state index in [9.17, 15) is 27.2 Å². The van der Waals surface area contributed by atoms with Gasteiger partial charge in [-0.25, -0.2) is 37.1 Å². The van der Waals surface area contributed by atoms with Gasteiger partial charge < -0.3 is 28.5 Å². The molecule has 0 radical (unpaired) electrons. The molecule has 0 aliphatic rings. The van der Waals surface area contributed by atoms with E-state index in [4.69, 9.17) is 65.4 Å². The van der Waals surface area contributed by atoms with Gasteiger partial charge in [-0.2, -0.15) is 0 Å². The first-order chi connectivity index (χ1) is 32.1. The number of aromatic amines is 1. The SMILES string of the molecule is CCOC(=O)c1[nH]c2cc(Cl)c(Cl)cc2c1-c1cccnc1OC.CCOC(=O)c1c(-c2cccnc2OC)c2cc(Cl)c(Cl)cc2n1Cc1ccc(F)cc1F.Fc1ccc(CBr)c(F)c1. The number of nitrogens with zero attached hydrogens (tertiary/aromatic N) is 3. The Morgan fingerprint density at radius 3 is 1.70 bits per heavy atom. The number of carbonyl (C=O) groups is 2. The van der Waals surface area contributed by atoms with Crippen LogP contribution in [0.15, 0.2) is 97.3 Å². The average Bonchev–Trinajstić information content (AvgIpc) is 3.82. The van der Waals surface area contributed by atoms with Crippen molar-refractivity contribution in [3.8, 4) is 34.0 Å². The highest BCUT2D eigenvalue weighted by molar-refractivity contribution is 9.08. The van der Waals surface area contributed by atoms with E-state index >= 15 is 0 Å². The average molecular weight is 1060 g/mol. The molecule has 8 aromatic rings. The topological polar surface area (TPSA) is 118 Å². The first kappa shape index (κ1) is 50.6. The molecule has 0 atom stereocenters. The van der Waals surface area contributed by atoms with Crippen LogP contribution in [-0.4, -0.2) is 58.9 Å². The summed E-state index contributed by atoms with van der Waals surface area (Å²) < 4.78 is 75.7. The maximum absolute atomic E-state index is 14.6. The van der Waals surface area contributed by atoms with Crippen molar-refractivity contribution in [2.24, 2.45) is 0 Å². The predicted molar refractivity (Wildman–Crippen MR) is 256 cm³/mol. The van der Waals surface area contributed by atoms with Gasteiger partial charge in [0.1, 0.15) is 34.7 Å². The molecule has 19 heteroatoms. The molecule has 4 aromatic heterocycles. The number of carbonyl (C=O) groups excluding carboxylic acids is 2. The van der Waals surface area contributed by atoms with Crippen LogP contribution in [0.25, 0.3) is 44.1 Å². The Morgan fingerprint density at radius 1 is 0.657 bits per heavy atom. The Hall–Kier alpha value is -5.84. The predicted octanol–water partition coefficient (Wildman–Crippen LogP) is 14.1. The Bertz CT molecular complexity index is 3120. The number of fused-ring (bicyclic) bond motifs is 2. The van der Waals surface area contributed by atoms with Crippen LogP contribution in [0.2, 0.25) is 20.1 Å². The van der Waals surface area contributed by atoms with E-state index in [0.717, 1.165) is 23.6 Å². The minimum Gasteiger partial charge on any atom is -0.481 e. The molecule has 0 saturated carbocycles. The second-order valence-electron chi connectivity index (χ2n) is 13.9. The fraction of sp³-hybridized carbons (Fsp3) is 0.167. The number of esters is 2. The van der Waals surface area contributed by atoms with Gasteiger partial charge in [0.15, 0.2) is 0 Å². The van der Waals surface area contributed by atoms with E-state index < -0.39 is 35.2 Å². The zero-order chi connectivity index (χ0) is 48.5. The van der Waals surface area contributed by atoms with Gasteiger partial charge >= 0.3 is 11.9 Å². The summed E-state index contributed by atoms with van der Waals surface area (Å²) in [6.07, 6.45) is 3.17. The molecule has 348 valence electrons. The Morgan fingerprint density at radius 2 is 1.16 bits per heavy atom. The van der Waals surface area contributed by atoms with Crippen LogP contribution >= 0.6 is 62.3 Å². The van der Waals surface area contributed by atoms with Crippen molar-refractivity contribution in [2.45, 2.75) is 25.7 Å². The van der Waals surface area contributed by atoms with Crippen molar-refractivity contribution in [1.29, 1.82) is 0 Å². The molecule has 10 nitrogen and oxygen atoms in total. The van der Waals surface area contributed by atoms with Gasteiger partial charge in [0.2, 0.25) is 11.8 Å². The monoisotopic (exact) mass is 1060 g/mol. The van der Waals surface area contributed by atoms with Gasteiger partial charge in [-0.05, 0) is 80.1 Å². The molecule has 8 rings (SSSR count). The summed E-state index contributed by atoms with van der Waals surface area (Å²) >= 11 is 27.9. The highest BCUT2D eigenvalue weighted by atomic mass is 79.9. The summed E-state index contributed by atoms with van der Waals surface area (Å²) in [6.45, 7) is 3.73. The molecule has 0 spiro atoms. The van der Waals surface area contributed by atoms with Gasteiger partial charge in [0, 0.05) is 74.0 Å². The van der Waals surface area contributed by atoms with Crippen molar-refractivity contribution in [3.05, 3.63) is 163 Å². The van der Waals surface area contributed by atoms with Crippen LogP contribution in [0.5, 0.6) is 11.8 Å². The second-order valence-corrected chi connectivity index (χ2v) is 16.1. The highest BCUT2D eigenvalue weighted by Crippen LogP contribution is 2.43. The summed E-state index contributed by atoms with van der Waals surface area (Å²) in [4.78, 5) is 37.1. The molecule has 0 unspecified atom stereocenters. The van der Waals surface area contributed by atoms with Gasteiger partial charge in [0.05, 0.1) is 59.6 Å². The van der Waals surface area contributed by atoms with Gasteiger partial charge in [-0.3, -0.25) is 0 Å². The van der Waals surface area contributed by atoms with Crippen LogP contribution in [0, 0.1) is 23.3 Å². The maximum atomic E-state index is 14.6. The molecule has 0 saturated heterocycles. The number of hydrogen-bond donors (Lipinski definition) is 1. The number of alkyl halides is 1. The third kappa shape index (κ3) is 11.3. The molecule has 0 aliphatic carbocycles. The Kier molecular flexibility index (Phi) is 17.2. The van der Waals surface area contributed by atoms with Crippen molar-refractivity contribution < 1.29 is 46.1 Å². The second kappa shape index (κ2) is 22.8. The smallest absolute Gasteiger partial charge is 0.355 e. The van der Waals surface area contributed by atoms with Gasteiger partial charge in [-0.1, -0.05) is 74.5 Å². The molecule has 4 aromatic carbocycles. The number of rotatable bonds is 11. The minimum absolute atomic E-state index is 0.0860. The lowest BCUT2D eigenvalue weighted by atomic mass is 10.0. The largest absolute Gasteiger partial charge is 0.481 e. The minimum atomic E-state index is -0.743. The molecule has 0 bridgehead atoms. The first-order valence-electron chi connectivity index (χ1n) is 19.9. The van der Waals surface area contributed by atoms with E-state index in [2.05, 4.69) is 30.9 Å². The molecule has 67 heavy (non-hydrogen) atoms. The summed E-state index contributed by atoms with van der Waals surface area (Å²) in [7, 11) is 2.99. The van der Waals surface area contributed by atoms with Crippen molar-refractivity contribution in [3.63, 3.8) is 0 Å². The fourth-order valence-electron chi connectivity index (χ4n) is 6.95. The highest BCUT2D eigenvalue weighted by Gasteiger charge is 2.29. The molecule has 0 aliphatic heterocycles. The van der Waals surface area contributed by atoms with Crippen LogP contribution in [0.1, 0.15) is 46.0 Å². The number of benzene rings is 4. The van der Waals surface area contributed by atoms with Gasteiger partial charge in [-0.15, -0.1) is 0 Å². The fourth-order valence-corrected chi connectivity index (χ4v) is 8.06. The van der Waals surface area contributed by atoms with Gasteiger partial charge in [0.25, 0.3) is 0 Å². The van der Waals surface area contributed by atoms with Crippen LogP contribution in [-0.2, 0) is 21.3 Å². The van der Waals surface area contributed by atoms with Crippen molar-refractivity contribution >= 4 is 96.1 Å². The van der Waals surface area contributed by atoms with E-state index in [1.807, 2.05) is 6.07 Å². The number of H-pyrrole nitrogens is 1. The molecule has 4 heterocycles. The zero-order valence-corrected chi connectivity index (χ0v) is 40.4. The van der Waals surface area contributed by atoms with E-state index in [1.54, 1.807) is 73.3 Å². The summed E-state index contributed by atoms with van der Waals surface area (Å²) in [5.74, 6) is -2.91. The van der Waals surface area contributed by atoms with Crippen LogP contribution < -0.4 is 9.47 Å². The lowest BCUT2D eigenvalue weighted by Crippen LogP contribution is -2.15. The summed E-state index contributed by atoms with van der Waals surface area (Å²) in [5, 5.41) is 3.03.